The van der Waals surface area contributed by atoms with Crippen LogP contribution in [-0.2, 0) is 0 Å². The first-order valence-corrected chi connectivity index (χ1v) is 7.08. The van der Waals surface area contributed by atoms with Crippen LogP contribution in [-0.4, -0.2) is 4.98 Å². The van der Waals surface area contributed by atoms with E-state index in [9.17, 15) is 4.39 Å². The number of hydrogen-bond acceptors (Lipinski definition) is 2. The molecule has 0 saturated carbocycles. The van der Waals surface area contributed by atoms with Crippen molar-refractivity contribution in [3.63, 3.8) is 0 Å². The second kappa shape index (κ2) is 6.51. The minimum atomic E-state index is -0.301. The molecule has 106 valence electrons. The molecule has 1 N–H and O–H groups in total. The van der Waals surface area contributed by atoms with E-state index in [1.807, 2.05) is 0 Å². The van der Waals surface area contributed by atoms with Crippen LogP contribution in [0.25, 0.3) is 0 Å². The molecule has 1 heterocycles. The first kappa shape index (κ1) is 14.5. The zero-order valence-corrected chi connectivity index (χ0v) is 12.2. The molecule has 20 heavy (non-hydrogen) atoms. The summed E-state index contributed by atoms with van der Waals surface area (Å²) >= 11 is 0. The van der Waals surface area contributed by atoms with Gasteiger partial charge in [0.25, 0.3) is 0 Å². The minimum absolute atomic E-state index is 0.0954. The SMILES string of the molecule is CCC(Nc1cccc(C(C)C)c1)c1ccc(F)cn1. The van der Waals surface area contributed by atoms with Crippen molar-refractivity contribution in [2.75, 3.05) is 5.32 Å². The number of nitrogens with zero attached hydrogens (tertiary/aromatic N) is 1. The molecular formula is C17H21FN2. The fourth-order valence-corrected chi connectivity index (χ4v) is 2.17. The van der Waals surface area contributed by atoms with Crippen LogP contribution in [0.2, 0.25) is 0 Å². The molecule has 0 saturated heterocycles. The quantitative estimate of drug-likeness (QED) is 0.836. The Labute approximate surface area is 120 Å². The maximum Gasteiger partial charge on any atom is 0.141 e. The lowest BCUT2D eigenvalue weighted by Gasteiger charge is -2.19. The number of aromatic nitrogens is 1. The van der Waals surface area contributed by atoms with Gasteiger partial charge in [-0.05, 0) is 42.2 Å². The van der Waals surface area contributed by atoms with Crippen molar-refractivity contribution >= 4 is 5.69 Å². The Bertz CT molecular complexity index is 549. The van der Waals surface area contributed by atoms with Gasteiger partial charge in [0.15, 0.2) is 0 Å². The van der Waals surface area contributed by atoms with Crippen LogP contribution in [0, 0.1) is 5.82 Å². The van der Waals surface area contributed by atoms with E-state index in [0.717, 1.165) is 17.8 Å². The number of benzene rings is 1. The topological polar surface area (TPSA) is 24.9 Å². The number of nitrogens with one attached hydrogen (secondary N) is 1. The van der Waals surface area contributed by atoms with Crippen LogP contribution in [0.4, 0.5) is 10.1 Å². The minimum Gasteiger partial charge on any atom is -0.377 e. The van der Waals surface area contributed by atoms with Crippen molar-refractivity contribution in [1.82, 2.24) is 4.98 Å². The Balaban J connectivity index is 2.17. The fourth-order valence-electron chi connectivity index (χ4n) is 2.17. The lowest BCUT2D eigenvalue weighted by Crippen LogP contribution is -2.11. The van der Waals surface area contributed by atoms with Crippen molar-refractivity contribution in [2.45, 2.75) is 39.2 Å². The van der Waals surface area contributed by atoms with Crippen molar-refractivity contribution in [2.24, 2.45) is 0 Å². The van der Waals surface area contributed by atoms with Crippen molar-refractivity contribution in [3.8, 4) is 0 Å². The van der Waals surface area contributed by atoms with Gasteiger partial charge in [-0.15, -0.1) is 0 Å². The van der Waals surface area contributed by atoms with Gasteiger partial charge in [-0.3, -0.25) is 4.98 Å². The average Bonchev–Trinajstić information content (AvgIpc) is 2.46. The van der Waals surface area contributed by atoms with Gasteiger partial charge in [-0.25, -0.2) is 4.39 Å². The Morgan fingerprint density at radius 1 is 1.20 bits per heavy atom. The lowest BCUT2D eigenvalue weighted by atomic mass is 10.0. The monoisotopic (exact) mass is 272 g/mol. The summed E-state index contributed by atoms with van der Waals surface area (Å²) in [5, 5.41) is 3.47. The highest BCUT2D eigenvalue weighted by Gasteiger charge is 2.11. The zero-order chi connectivity index (χ0) is 14.5. The number of halogens is 1. The Morgan fingerprint density at radius 3 is 2.60 bits per heavy atom. The van der Waals surface area contributed by atoms with Gasteiger partial charge in [0.05, 0.1) is 17.9 Å². The number of pyridine rings is 1. The molecule has 1 unspecified atom stereocenters. The lowest BCUT2D eigenvalue weighted by molar-refractivity contribution is 0.614. The summed E-state index contributed by atoms with van der Waals surface area (Å²) in [7, 11) is 0. The molecule has 0 aliphatic rings. The summed E-state index contributed by atoms with van der Waals surface area (Å²) in [6, 6.07) is 11.7. The second-order valence-corrected chi connectivity index (χ2v) is 5.29. The van der Waals surface area contributed by atoms with Crippen molar-refractivity contribution in [3.05, 3.63) is 59.7 Å². The molecule has 1 atom stereocenters. The van der Waals surface area contributed by atoms with E-state index < -0.39 is 0 Å². The summed E-state index contributed by atoms with van der Waals surface area (Å²) in [4.78, 5) is 4.17. The maximum absolute atomic E-state index is 12.9. The third-order valence-corrected chi connectivity index (χ3v) is 3.41. The third-order valence-electron chi connectivity index (χ3n) is 3.41. The van der Waals surface area contributed by atoms with E-state index in [4.69, 9.17) is 0 Å². The highest BCUT2D eigenvalue weighted by Crippen LogP contribution is 2.24. The molecular weight excluding hydrogens is 251 g/mol. The molecule has 2 aromatic rings. The van der Waals surface area contributed by atoms with Crippen LogP contribution in [0.15, 0.2) is 42.6 Å². The first-order chi connectivity index (χ1) is 9.60. The number of hydrogen-bond donors (Lipinski definition) is 1. The molecule has 0 aliphatic carbocycles. The third kappa shape index (κ3) is 3.56. The van der Waals surface area contributed by atoms with Crippen LogP contribution in [0.1, 0.15) is 50.4 Å². The summed E-state index contributed by atoms with van der Waals surface area (Å²) in [5.74, 6) is 0.200. The van der Waals surface area contributed by atoms with E-state index in [1.54, 1.807) is 6.07 Å². The molecule has 0 bridgehead atoms. The predicted molar refractivity (Wildman–Crippen MR) is 81.4 cm³/mol. The number of anilines is 1. The standard InChI is InChI=1S/C17H21FN2/c1-4-16(17-9-8-14(18)11-19-17)20-15-7-5-6-13(10-15)12(2)3/h5-12,16,20H,4H2,1-3H3. The van der Waals surface area contributed by atoms with E-state index in [2.05, 4.69) is 55.3 Å². The molecule has 0 fully saturated rings. The fraction of sp³-hybridized carbons (Fsp3) is 0.353. The highest BCUT2D eigenvalue weighted by molar-refractivity contribution is 5.48. The van der Waals surface area contributed by atoms with Gasteiger partial charge in [-0.1, -0.05) is 32.9 Å². The van der Waals surface area contributed by atoms with Gasteiger partial charge in [0, 0.05) is 5.69 Å². The predicted octanol–water partition coefficient (Wildman–Crippen LogP) is 4.91. The van der Waals surface area contributed by atoms with Crippen LogP contribution in [0.5, 0.6) is 0 Å². The van der Waals surface area contributed by atoms with Gasteiger partial charge < -0.3 is 5.32 Å². The molecule has 0 aliphatic heterocycles. The molecule has 1 aromatic carbocycles. The largest absolute Gasteiger partial charge is 0.377 e. The van der Waals surface area contributed by atoms with Crippen LogP contribution in [0.3, 0.4) is 0 Å². The number of rotatable bonds is 5. The molecule has 2 nitrogen and oxygen atoms in total. The summed E-state index contributed by atoms with van der Waals surface area (Å²) in [5.41, 5.74) is 3.25. The first-order valence-electron chi connectivity index (χ1n) is 7.08. The Kier molecular flexibility index (Phi) is 4.72. The van der Waals surface area contributed by atoms with E-state index in [0.29, 0.717) is 5.92 Å². The van der Waals surface area contributed by atoms with Gasteiger partial charge in [-0.2, -0.15) is 0 Å². The second-order valence-electron chi connectivity index (χ2n) is 5.29. The van der Waals surface area contributed by atoms with Gasteiger partial charge in [0.1, 0.15) is 5.82 Å². The molecule has 3 heteroatoms. The summed E-state index contributed by atoms with van der Waals surface area (Å²) < 4.78 is 12.9. The van der Waals surface area contributed by atoms with Crippen LogP contribution < -0.4 is 5.32 Å². The average molecular weight is 272 g/mol. The Morgan fingerprint density at radius 2 is 2.00 bits per heavy atom. The molecule has 1 aromatic heterocycles. The normalized spacial score (nSPS) is 12.4. The van der Waals surface area contributed by atoms with Crippen LogP contribution >= 0.6 is 0 Å². The van der Waals surface area contributed by atoms with E-state index in [-0.39, 0.29) is 11.9 Å². The smallest absolute Gasteiger partial charge is 0.141 e. The van der Waals surface area contributed by atoms with Gasteiger partial charge in [0.2, 0.25) is 0 Å². The molecule has 0 radical (unpaired) electrons. The molecule has 0 amide bonds. The maximum atomic E-state index is 12.9. The van der Waals surface area contributed by atoms with Crippen molar-refractivity contribution in [1.29, 1.82) is 0 Å². The van der Waals surface area contributed by atoms with Gasteiger partial charge >= 0.3 is 0 Å². The molecule has 0 spiro atoms. The van der Waals surface area contributed by atoms with E-state index >= 15 is 0 Å². The molecule has 2 rings (SSSR count). The summed E-state index contributed by atoms with van der Waals surface area (Å²) in [6.45, 7) is 6.45. The summed E-state index contributed by atoms with van der Waals surface area (Å²) in [6.07, 6.45) is 2.16. The van der Waals surface area contributed by atoms with Crippen molar-refractivity contribution < 1.29 is 4.39 Å². The zero-order valence-electron chi connectivity index (χ0n) is 12.2. The highest BCUT2D eigenvalue weighted by atomic mass is 19.1. The van der Waals surface area contributed by atoms with E-state index in [1.165, 1.54) is 17.8 Å². The Hall–Kier alpha value is -1.90.